The van der Waals surface area contributed by atoms with Crippen molar-refractivity contribution in [3.05, 3.63) is 23.8 Å². The smallest absolute Gasteiger partial charge is 0.387 e. The van der Waals surface area contributed by atoms with E-state index < -0.39 is 6.61 Å². The highest BCUT2D eigenvalue weighted by Gasteiger charge is 2.32. The van der Waals surface area contributed by atoms with E-state index in [0.29, 0.717) is 18.7 Å². The van der Waals surface area contributed by atoms with Gasteiger partial charge in [-0.05, 0) is 44.0 Å². The van der Waals surface area contributed by atoms with Gasteiger partial charge < -0.3 is 20.1 Å². The first-order valence-corrected chi connectivity index (χ1v) is 7.10. The Balaban J connectivity index is 2.23. The largest absolute Gasteiger partial charge is 0.493 e. The van der Waals surface area contributed by atoms with Gasteiger partial charge in [0, 0.05) is 18.2 Å². The number of carbonyl (C=O) groups excluding carboxylic acids is 1. The van der Waals surface area contributed by atoms with Gasteiger partial charge in [0.25, 0.3) is 5.91 Å². The van der Waals surface area contributed by atoms with Gasteiger partial charge in [-0.2, -0.15) is 8.78 Å². The fourth-order valence-electron chi connectivity index (χ4n) is 2.76. The number of hydrogen-bond donors (Lipinski definition) is 1. The van der Waals surface area contributed by atoms with E-state index >= 15 is 0 Å². The molecule has 1 aromatic rings. The van der Waals surface area contributed by atoms with Crippen LogP contribution in [0, 0.1) is 5.92 Å². The van der Waals surface area contributed by atoms with Gasteiger partial charge in [-0.25, -0.2) is 0 Å². The number of ether oxygens (including phenoxy) is 2. The van der Waals surface area contributed by atoms with Crippen LogP contribution in [-0.2, 0) is 0 Å². The van der Waals surface area contributed by atoms with Crippen molar-refractivity contribution in [3.8, 4) is 11.5 Å². The van der Waals surface area contributed by atoms with Gasteiger partial charge in [0.2, 0.25) is 0 Å². The second kappa shape index (κ2) is 6.91. The van der Waals surface area contributed by atoms with Gasteiger partial charge in [-0.3, -0.25) is 4.79 Å². The summed E-state index contributed by atoms with van der Waals surface area (Å²) in [6.07, 6.45) is 0.846. The van der Waals surface area contributed by atoms with Crippen LogP contribution in [-0.4, -0.2) is 43.7 Å². The SMILES string of the molecule is COc1ccc(C(=O)N2CC(CN)CC2C)cc1OC(F)F. The minimum atomic E-state index is -2.98. The third-order valence-electron chi connectivity index (χ3n) is 3.88. The third kappa shape index (κ3) is 3.47. The molecule has 1 aromatic carbocycles. The molecule has 2 unspecified atom stereocenters. The Morgan fingerprint density at radius 1 is 1.45 bits per heavy atom. The zero-order valence-electron chi connectivity index (χ0n) is 12.6. The summed E-state index contributed by atoms with van der Waals surface area (Å²) < 4.78 is 34.3. The molecule has 22 heavy (non-hydrogen) atoms. The quantitative estimate of drug-likeness (QED) is 0.904. The molecule has 0 aliphatic carbocycles. The lowest BCUT2D eigenvalue weighted by atomic mass is 10.1. The molecule has 1 fully saturated rings. The maximum absolute atomic E-state index is 12.6. The predicted molar refractivity (Wildman–Crippen MR) is 77.3 cm³/mol. The van der Waals surface area contributed by atoms with Gasteiger partial charge in [-0.1, -0.05) is 0 Å². The first-order chi connectivity index (χ1) is 10.5. The van der Waals surface area contributed by atoms with E-state index in [1.807, 2.05) is 6.92 Å². The number of likely N-dealkylation sites (tertiary alicyclic amines) is 1. The first-order valence-electron chi connectivity index (χ1n) is 7.10. The summed E-state index contributed by atoms with van der Waals surface area (Å²) in [4.78, 5) is 14.3. The first kappa shape index (κ1) is 16.5. The molecule has 1 heterocycles. The number of nitrogens with zero attached hydrogens (tertiary/aromatic N) is 1. The molecule has 5 nitrogen and oxygen atoms in total. The Morgan fingerprint density at radius 2 is 2.18 bits per heavy atom. The van der Waals surface area contributed by atoms with Crippen LogP contribution in [0.1, 0.15) is 23.7 Å². The lowest BCUT2D eigenvalue weighted by Crippen LogP contribution is -2.34. The second-order valence-electron chi connectivity index (χ2n) is 5.39. The van der Waals surface area contributed by atoms with Crippen molar-refractivity contribution in [1.82, 2.24) is 4.90 Å². The third-order valence-corrected chi connectivity index (χ3v) is 3.88. The molecule has 1 amide bonds. The summed E-state index contributed by atoms with van der Waals surface area (Å²) in [5, 5.41) is 0. The molecule has 0 bridgehead atoms. The average molecular weight is 314 g/mol. The number of methoxy groups -OCH3 is 1. The summed E-state index contributed by atoms with van der Waals surface area (Å²) in [6.45, 7) is 0.0733. The Bertz CT molecular complexity index is 540. The number of rotatable bonds is 5. The molecule has 2 rings (SSSR count). The average Bonchev–Trinajstić information content (AvgIpc) is 2.87. The van der Waals surface area contributed by atoms with Crippen LogP contribution in [0.3, 0.4) is 0 Å². The second-order valence-corrected chi connectivity index (χ2v) is 5.39. The van der Waals surface area contributed by atoms with Crippen LogP contribution in [0.15, 0.2) is 18.2 Å². The van der Waals surface area contributed by atoms with Crippen molar-refractivity contribution >= 4 is 5.91 Å². The predicted octanol–water partition coefficient (Wildman–Crippen LogP) is 2.11. The lowest BCUT2D eigenvalue weighted by molar-refractivity contribution is -0.0512. The van der Waals surface area contributed by atoms with Crippen LogP contribution in [0.5, 0.6) is 11.5 Å². The van der Waals surface area contributed by atoms with Crippen LogP contribution in [0.25, 0.3) is 0 Å². The van der Waals surface area contributed by atoms with E-state index in [1.165, 1.54) is 19.2 Å². The van der Waals surface area contributed by atoms with Gasteiger partial charge in [-0.15, -0.1) is 0 Å². The Morgan fingerprint density at radius 3 is 2.73 bits per heavy atom. The van der Waals surface area contributed by atoms with Gasteiger partial charge in [0.1, 0.15) is 0 Å². The van der Waals surface area contributed by atoms with E-state index in [2.05, 4.69) is 4.74 Å². The number of benzene rings is 1. The van der Waals surface area contributed by atoms with E-state index in [1.54, 1.807) is 11.0 Å². The highest BCUT2D eigenvalue weighted by atomic mass is 19.3. The Labute approximate surface area is 128 Å². The molecule has 2 atom stereocenters. The number of halogens is 2. The molecule has 0 aromatic heterocycles. The normalized spacial score (nSPS) is 21.3. The zero-order valence-corrected chi connectivity index (χ0v) is 12.6. The molecular weight excluding hydrogens is 294 g/mol. The van der Waals surface area contributed by atoms with Crippen molar-refractivity contribution in [1.29, 1.82) is 0 Å². The van der Waals surface area contributed by atoms with Crippen molar-refractivity contribution in [2.75, 3.05) is 20.2 Å². The Kier molecular flexibility index (Phi) is 5.18. The number of amides is 1. The van der Waals surface area contributed by atoms with E-state index in [-0.39, 0.29) is 29.4 Å². The topological polar surface area (TPSA) is 64.8 Å². The van der Waals surface area contributed by atoms with Crippen molar-refractivity contribution in [2.24, 2.45) is 11.7 Å². The fourth-order valence-corrected chi connectivity index (χ4v) is 2.76. The van der Waals surface area contributed by atoms with Crippen LogP contribution >= 0.6 is 0 Å². The van der Waals surface area contributed by atoms with Crippen LogP contribution in [0.4, 0.5) is 8.78 Å². The monoisotopic (exact) mass is 314 g/mol. The maximum atomic E-state index is 12.6. The molecule has 0 spiro atoms. The number of hydrogen-bond acceptors (Lipinski definition) is 4. The Hall–Kier alpha value is -1.89. The van der Waals surface area contributed by atoms with Gasteiger partial charge >= 0.3 is 6.61 Å². The van der Waals surface area contributed by atoms with E-state index in [9.17, 15) is 13.6 Å². The standard InChI is InChI=1S/C15H20F2N2O3/c1-9-5-10(7-18)8-19(9)14(20)11-3-4-12(21-2)13(6-11)22-15(16)17/h3-4,6,9-10,15H,5,7-8,18H2,1-2H3. The van der Waals surface area contributed by atoms with E-state index in [0.717, 1.165) is 6.42 Å². The summed E-state index contributed by atoms with van der Waals surface area (Å²) >= 11 is 0. The van der Waals surface area contributed by atoms with Gasteiger partial charge in [0.15, 0.2) is 11.5 Å². The van der Waals surface area contributed by atoms with Crippen LogP contribution in [0.2, 0.25) is 0 Å². The van der Waals surface area contributed by atoms with E-state index in [4.69, 9.17) is 10.5 Å². The van der Waals surface area contributed by atoms with Gasteiger partial charge in [0.05, 0.1) is 7.11 Å². The lowest BCUT2D eigenvalue weighted by Gasteiger charge is -2.22. The molecule has 1 saturated heterocycles. The number of carbonyl (C=O) groups is 1. The summed E-state index contributed by atoms with van der Waals surface area (Å²) in [5.41, 5.74) is 5.95. The summed E-state index contributed by atoms with van der Waals surface area (Å²) in [6, 6.07) is 4.35. The molecule has 0 saturated carbocycles. The highest BCUT2D eigenvalue weighted by molar-refractivity contribution is 5.95. The minimum Gasteiger partial charge on any atom is -0.493 e. The zero-order chi connectivity index (χ0) is 16.3. The van der Waals surface area contributed by atoms with Crippen molar-refractivity contribution in [3.63, 3.8) is 0 Å². The molecule has 1 aliphatic rings. The molecule has 7 heteroatoms. The van der Waals surface area contributed by atoms with Crippen molar-refractivity contribution in [2.45, 2.75) is 26.0 Å². The molecule has 0 radical (unpaired) electrons. The maximum Gasteiger partial charge on any atom is 0.387 e. The number of alkyl halides is 2. The molecule has 1 aliphatic heterocycles. The molecule has 2 N–H and O–H groups in total. The number of nitrogens with two attached hydrogens (primary N) is 1. The summed E-state index contributed by atoms with van der Waals surface area (Å²) in [5.74, 6) is 0.0657. The minimum absolute atomic E-state index is 0.0719. The fraction of sp³-hybridized carbons (Fsp3) is 0.533. The molecular formula is C15H20F2N2O3. The molecule has 122 valence electrons. The highest BCUT2D eigenvalue weighted by Crippen LogP contribution is 2.31. The van der Waals surface area contributed by atoms with Crippen molar-refractivity contribution < 1.29 is 23.0 Å². The summed E-state index contributed by atoms with van der Waals surface area (Å²) in [7, 11) is 1.35. The van der Waals surface area contributed by atoms with Crippen LogP contribution < -0.4 is 15.2 Å².